The first-order valence-electron chi connectivity index (χ1n) is 9.75. The number of carbonyl (C=O) groups excluding carboxylic acids is 2. The Labute approximate surface area is 168 Å². The zero-order valence-corrected chi connectivity index (χ0v) is 17.5. The van der Waals surface area contributed by atoms with Gasteiger partial charge in [-0.3, -0.25) is 14.5 Å². The SMILES string of the molecule is CC[C@H](C)c1ccccc1NC(=O)CN(C)CC(=O)Nc1cccc(C)c1C. The molecule has 0 aliphatic rings. The monoisotopic (exact) mass is 381 g/mol. The second-order valence-electron chi connectivity index (χ2n) is 7.41. The maximum Gasteiger partial charge on any atom is 0.238 e. The minimum absolute atomic E-state index is 0.127. The van der Waals surface area contributed by atoms with Crippen LogP contribution in [0.4, 0.5) is 11.4 Å². The van der Waals surface area contributed by atoms with Crippen molar-refractivity contribution in [3.05, 3.63) is 59.2 Å². The highest BCUT2D eigenvalue weighted by molar-refractivity contribution is 5.95. The lowest BCUT2D eigenvalue weighted by Crippen LogP contribution is -2.36. The van der Waals surface area contributed by atoms with Crippen LogP contribution < -0.4 is 10.6 Å². The van der Waals surface area contributed by atoms with E-state index in [2.05, 4.69) is 24.5 Å². The minimum atomic E-state index is -0.135. The van der Waals surface area contributed by atoms with E-state index >= 15 is 0 Å². The Balaban J connectivity index is 1.91. The first-order chi connectivity index (χ1) is 13.3. The molecule has 1 atom stereocenters. The lowest BCUT2D eigenvalue weighted by molar-refractivity contribution is -0.119. The van der Waals surface area contributed by atoms with E-state index in [0.717, 1.165) is 34.5 Å². The van der Waals surface area contributed by atoms with Gasteiger partial charge in [0.05, 0.1) is 13.1 Å². The van der Waals surface area contributed by atoms with Crippen LogP contribution in [0.15, 0.2) is 42.5 Å². The van der Waals surface area contributed by atoms with E-state index in [0.29, 0.717) is 5.92 Å². The molecule has 0 radical (unpaired) electrons. The number of rotatable bonds is 8. The molecular weight excluding hydrogens is 350 g/mol. The van der Waals surface area contributed by atoms with Crippen LogP contribution in [0.5, 0.6) is 0 Å². The summed E-state index contributed by atoms with van der Waals surface area (Å²) in [7, 11) is 1.77. The molecule has 0 saturated heterocycles. The Hall–Kier alpha value is -2.66. The summed E-state index contributed by atoms with van der Waals surface area (Å²) in [6, 6.07) is 13.7. The molecule has 2 amide bonds. The van der Waals surface area contributed by atoms with Gasteiger partial charge in [0.2, 0.25) is 11.8 Å². The number of aryl methyl sites for hydroxylation is 1. The van der Waals surface area contributed by atoms with E-state index in [-0.39, 0.29) is 24.9 Å². The second-order valence-corrected chi connectivity index (χ2v) is 7.41. The van der Waals surface area contributed by atoms with Gasteiger partial charge in [-0.25, -0.2) is 0 Å². The van der Waals surface area contributed by atoms with Crippen molar-refractivity contribution < 1.29 is 9.59 Å². The largest absolute Gasteiger partial charge is 0.325 e. The van der Waals surface area contributed by atoms with Crippen molar-refractivity contribution in [3.8, 4) is 0 Å². The molecule has 0 aliphatic carbocycles. The van der Waals surface area contributed by atoms with Crippen molar-refractivity contribution in [2.75, 3.05) is 30.8 Å². The summed E-state index contributed by atoms with van der Waals surface area (Å²) in [6.07, 6.45) is 1.01. The average Bonchev–Trinajstić information content (AvgIpc) is 2.65. The van der Waals surface area contributed by atoms with Gasteiger partial charge in [-0.05, 0) is 62.1 Å². The van der Waals surface area contributed by atoms with E-state index in [1.54, 1.807) is 11.9 Å². The van der Waals surface area contributed by atoms with Crippen molar-refractivity contribution >= 4 is 23.2 Å². The Morgan fingerprint density at radius 2 is 1.50 bits per heavy atom. The third-order valence-corrected chi connectivity index (χ3v) is 5.08. The smallest absolute Gasteiger partial charge is 0.238 e. The topological polar surface area (TPSA) is 61.4 Å². The molecule has 150 valence electrons. The van der Waals surface area contributed by atoms with Gasteiger partial charge in [-0.15, -0.1) is 0 Å². The molecule has 0 aromatic heterocycles. The van der Waals surface area contributed by atoms with Gasteiger partial charge in [0, 0.05) is 11.4 Å². The summed E-state index contributed by atoms with van der Waals surface area (Å²) >= 11 is 0. The van der Waals surface area contributed by atoms with Crippen LogP contribution in [0.2, 0.25) is 0 Å². The fraction of sp³-hybridized carbons (Fsp3) is 0.391. The number of likely N-dealkylation sites (N-methyl/N-ethyl adjacent to an activating group) is 1. The highest BCUT2D eigenvalue weighted by Crippen LogP contribution is 2.26. The molecule has 2 N–H and O–H groups in total. The molecular formula is C23H31N3O2. The summed E-state index contributed by atoms with van der Waals surface area (Å²) in [5.41, 5.74) is 4.97. The van der Waals surface area contributed by atoms with Crippen LogP contribution >= 0.6 is 0 Å². The molecule has 2 aromatic carbocycles. The van der Waals surface area contributed by atoms with Crippen LogP contribution in [-0.4, -0.2) is 36.9 Å². The summed E-state index contributed by atoms with van der Waals surface area (Å²) in [5.74, 6) is 0.111. The van der Waals surface area contributed by atoms with Gasteiger partial charge >= 0.3 is 0 Å². The quantitative estimate of drug-likeness (QED) is 0.716. The molecule has 2 rings (SSSR count). The van der Waals surface area contributed by atoms with Crippen LogP contribution in [0.1, 0.15) is 42.9 Å². The van der Waals surface area contributed by atoms with Gasteiger partial charge in [-0.2, -0.15) is 0 Å². The number of carbonyl (C=O) groups is 2. The van der Waals surface area contributed by atoms with Gasteiger partial charge in [0.1, 0.15) is 0 Å². The number of para-hydroxylation sites is 1. The predicted molar refractivity (Wildman–Crippen MR) is 116 cm³/mol. The minimum Gasteiger partial charge on any atom is -0.325 e. The number of hydrogen-bond donors (Lipinski definition) is 2. The van der Waals surface area contributed by atoms with E-state index in [1.165, 1.54) is 0 Å². The lowest BCUT2D eigenvalue weighted by Gasteiger charge is -2.19. The van der Waals surface area contributed by atoms with Crippen LogP contribution in [0, 0.1) is 13.8 Å². The van der Waals surface area contributed by atoms with E-state index < -0.39 is 0 Å². The molecule has 0 spiro atoms. The highest BCUT2D eigenvalue weighted by atomic mass is 16.2. The Morgan fingerprint density at radius 3 is 2.14 bits per heavy atom. The standard InChI is InChI=1S/C23H31N3O2/c1-6-16(2)19-11-7-8-12-21(19)25-23(28)15-26(5)14-22(27)24-20-13-9-10-17(3)18(20)4/h7-13,16H,6,14-15H2,1-5H3,(H,24,27)(H,25,28)/t16-/m0/s1. The predicted octanol–water partition coefficient (Wildman–Crippen LogP) is 4.33. The van der Waals surface area contributed by atoms with Crippen LogP contribution in [-0.2, 0) is 9.59 Å². The lowest BCUT2D eigenvalue weighted by atomic mass is 9.97. The van der Waals surface area contributed by atoms with E-state index in [4.69, 9.17) is 0 Å². The van der Waals surface area contributed by atoms with E-state index in [1.807, 2.05) is 56.3 Å². The van der Waals surface area contributed by atoms with Crippen molar-refractivity contribution in [2.45, 2.75) is 40.0 Å². The van der Waals surface area contributed by atoms with Crippen molar-refractivity contribution in [1.82, 2.24) is 4.90 Å². The number of nitrogens with one attached hydrogen (secondary N) is 2. The zero-order valence-electron chi connectivity index (χ0n) is 17.5. The zero-order chi connectivity index (χ0) is 20.7. The fourth-order valence-electron chi connectivity index (χ4n) is 3.07. The summed E-state index contributed by atoms with van der Waals surface area (Å²) in [5, 5.41) is 5.91. The van der Waals surface area contributed by atoms with Crippen LogP contribution in [0.25, 0.3) is 0 Å². The molecule has 0 unspecified atom stereocenters. The normalized spacial score (nSPS) is 11.9. The summed E-state index contributed by atoms with van der Waals surface area (Å²) < 4.78 is 0. The summed E-state index contributed by atoms with van der Waals surface area (Å²) in [4.78, 5) is 26.5. The Kier molecular flexibility index (Phi) is 7.76. The molecule has 0 bridgehead atoms. The molecule has 0 aliphatic heterocycles. The van der Waals surface area contributed by atoms with Crippen LogP contribution in [0.3, 0.4) is 0 Å². The van der Waals surface area contributed by atoms with Crippen molar-refractivity contribution in [3.63, 3.8) is 0 Å². The third-order valence-electron chi connectivity index (χ3n) is 5.08. The fourth-order valence-corrected chi connectivity index (χ4v) is 3.07. The van der Waals surface area contributed by atoms with Crippen molar-refractivity contribution in [2.24, 2.45) is 0 Å². The summed E-state index contributed by atoms with van der Waals surface area (Å²) in [6.45, 7) is 8.57. The Morgan fingerprint density at radius 1 is 0.929 bits per heavy atom. The molecule has 5 nitrogen and oxygen atoms in total. The number of hydrogen-bond acceptors (Lipinski definition) is 3. The number of anilines is 2. The molecule has 0 saturated carbocycles. The van der Waals surface area contributed by atoms with Crippen molar-refractivity contribution in [1.29, 1.82) is 0 Å². The molecule has 5 heteroatoms. The first-order valence-corrected chi connectivity index (χ1v) is 9.75. The number of benzene rings is 2. The van der Waals surface area contributed by atoms with E-state index in [9.17, 15) is 9.59 Å². The van der Waals surface area contributed by atoms with Gasteiger partial charge in [0.15, 0.2) is 0 Å². The number of nitrogens with zero attached hydrogens (tertiary/aromatic N) is 1. The van der Waals surface area contributed by atoms with Gasteiger partial charge in [-0.1, -0.05) is 44.2 Å². The first kappa shape index (κ1) is 21.6. The van der Waals surface area contributed by atoms with Gasteiger partial charge in [0.25, 0.3) is 0 Å². The molecule has 0 heterocycles. The molecule has 2 aromatic rings. The Bertz CT molecular complexity index is 832. The molecule has 0 fully saturated rings. The second kappa shape index (κ2) is 10.0. The highest BCUT2D eigenvalue weighted by Gasteiger charge is 2.14. The third kappa shape index (κ3) is 5.92. The number of amides is 2. The van der Waals surface area contributed by atoms with Gasteiger partial charge < -0.3 is 10.6 Å². The maximum atomic E-state index is 12.4. The maximum absolute atomic E-state index is 12.4. The average molecular weight is 382 g/mol. The molecule has 28 heavy (non-hydrogen) atoms.